The molecular formula is C20H21ClN4O3S2. The first-order valence-corrected chi connectivity index (χ1v) is 11.5. The number of nitrogens with one attached hydrogen (secondary N) is 1. The van der Waals surface area contributed by atoms with E-state index in [0.29, 0.717) is 26.3 Å². The van der Waals surface area contributed by atoms with E-state index in [2.05, 4.69) is 22.4 Å². The second-order valence-electron chi connectivity index (χ2n) is 6.37. The molecule has 0 atom stereocenters. The van der Waals surface area contributed by atoms with E-state index in [0.717, 1.165) is 24.4 Å². The van der Waals surface area contributed by atoms with Crippen LogP contribution in [0.25, 0.3) is 11.1 Å². The number of amides is 1. The number of nitrogens with zero attached hydrogens (tertiary/aromatic N) is 3. The van der Waals surface area contributed by atoms with Crippen LogP contribution in [0.15, 0.2) is 34.8 Å². The van der Waals surface area contributed by atoms with Crippen molar-refractivity contribution < 1.29 is 14.3 Å². The number of carbonyl (C=O) groups excluding carboxylic acids is 2. The molecular weight excluding hydrogens is 444 g/mol. The van der Waals surface area contributed by atoms with E-state index in [-0.39, 0.29) is 11.7 Å². The fourth-order valence-corrected chi connectivity index (χ4v) is 4.75. The minimum Gasteiger partial charge on any atom is -0.465 e. The Bertz CT molecular complexity index is 1050. The van der Waals surface area contributed by atoms with Gasteiger partial charge in [-0.25, -0.2) is 4.79 Å². The van der Waals surface area contributed by atoms with Gasteiger partial charge in [0.1, 0.15) is 16.4 Å². The minimum absolute atomic E-state index is 0.149. The fourth-order valence-electron chi connectivity index (χ4n) is 2.84. The predicted octanol–water partition coefficient (Wildman–Crippen LogP) is 4.90. The van der Waals surface area contributed by atoms with Crippen molar-refractivity contribution in [2.24, 2.45) is 0 Å². The van der Waals surface area contributed by atoms with Crippen LogP contribution >= 0.6 is 34.7 Å². The number of benzene rings is 1. The molecule has 1 N–H and O–H groups in total. The summed E-state index contributed by atoms with van der Waals surface area (Å²) in [6.45, 7) is 4.76. The number of thiophene rings is 1. The van der Waals surface area contributed by atoms with Gasteiger partial charge in [0.05, 0.1) is 12.9 Å². The van der Waals surface area contributed by atoms with Gasteiger partial charge in [0.25, 0.3) is 0 Å². The molecule has 0 saturated heterocycles. The third kappa shape index (κ3) is 5.03. The van der Waals surface area contributed by atoms with Crippen LogP contribution in [-0.4, -0.2) is 39.5 Å². The highest BCUT2D eigenvalue weighted by atomic mass is 35.5. The summed E-state index contributed by atoms with van der Waals surface area (Å²) in [5, 5.41) is 14.6. The molecule has 1 amide bonds. The van der Waals surface area contributed by atoms with Crippen LogP contribution in [0.1, 0.15) is 29.5 Å². The maximum atomic E-state index is 12.6. The lowest BCUT2D eigenvalue weighted by molar-refractivity contribution is -0.113. The van der Waals surface area contributed by atoms with Gasteiger partial charge < -0.3 is 14.6 Å². The third-order valence-electron chi connectivity index (χ3n) is 4.27. The van der Waals surface area contributed by atoms with Gasteiger partial charge in [0.15, 0.2) is 5.16 Å². The van der Waals surface area contributed by atoms with E-state index in [1.54, 1.807) is 12.1 Å². The number of hydrogen-bond donors (Lipinski definition) is 1. The first-order valence-electron chi connectivity index (χ1n) is 9.22. The first-order chi connectivity index (χ1) is 14.4. The van der Waals surface area contributed by atoms with Crippen LogP contribution in [-0.2, 0) is 16.1 Å². The van der Waals surface area contributed by atoms with Gasteiger partial charge in [0.2, 0.25) is 5.91 Å². The number of carbonyl (C=O) groups is 2. The Hall–Kier alpha value is -2.36. The molecule has 0 aliphatic rings. The minimum atomic E-state index is -0.512. The smallest absolute Gasteiger partial charge is 0.341 e. The molecule has 0 fully saturated rings. The molecule has 3 rings (SSSR count). The third-order valence-corrected chi connectivity index (χ3v) is 6.38. The number of ether oxygens (including phenoxy) is 1. The summed E-state index contributed by atoms with van der Waals surface area (Å²) < 4.78 is 6.93. The predicted molar refractivity (Wildman–Crippen MR) is 121 cm³/mol. The highest BCUT2D eigenvalue weighted by molar-refractivity contribution is 7.99. The van der Waals surface area contributed by atoms with Gasteiger partial charge in [0, 0.05) is 22.5 Å². The normalized spacial score (nSPS) is 10.8. The van der Waals surface area contributed by atoms with Crippen LogP contribution in [0.5, 0.6) is 0 Å². The number of rotatable bonds is 8. The molecule has 2 aromatic heterocycles. The zero-order valence-electron chi connectivity index (χ0n) is 16.8. The largest absolute Gasteiger partial charge is 0.465 e. The highest BCUT2D eigenvalue weighted by Gasteiger charge is 2.22. The molecule has 10 heteroatoms. The van der Waals surface area contributed by atoms with Gasteiger partial charge in [-0.15, -0.1) is 21.5 Å². The summed E-state index contributed by atoms with van der Waals surface area (Å²) in [5.74, 6) is 0.218. The number of thioether (sulfide) groups is 1. The number of esters is 1. The van der Waals surface area contributed by atoms with Crippen molar-refractivity contribution >= 4 is 51.6 Å². The molecule has 1 aromatic carbocycles. The molecule has 0 radical (unpaired) electrons. The van der Waals surface area contributed by atoms with Crippen molar-refractivity contribution in [2.75, 3.05) is 18.2 Å². The number of hydrogen-bond acceptors (Lipinski definition) is 7. The van der Waals surface area contributed by atoms with Crippen molar-refractivity contribution in [1.29, 1.82) is 0 Å². The van der Waals surface area contributed by atoms with Crippen molar-refractivity contribution in [3.8, 4) is 11.1 Å². The lowest BCUT2D eigenvalue weighted by Gasteiger charge is -2.09. The molecule has 2 heterocycles. The summed E-state index contributed by atoms with van der Waals surface area (Å²) in [7, 11) is 1.32. The molecule has 30 heavy (non-hydrogen) atoms. The van der Waals surface area contributed by atoms with E-state index >= 15 is 0 Å². The van der Waals surface area contributed by atoms with E-state index < -0.39 is 5.97 Å². The van der Waals surface area contributed by atoms with E-state index in [9.17, 15) is 9.59 Å². The zero-order chi connectivity index (χ0) is 21.7. The van der Waals surface area contributed by atoms with Crippen molar-refractivity contribution in [3.05, 3.63) is 46.1 Å². The molecule has 158 valence electrons. The molecule has 7 nitrogen and oxygen atoms in total. The number of halogens is 1. The fraction of sp³-hybridized carbons (Fsp3) is 0.300. The van der Waals surface area contributed by atoms with Gasteiger partial charge in [-0.05, 0) is 31.0 Å². The Morgan fingerprint density at radius 2 is 2.00 bits per heavy atom. The SMILES string of the molecule is CCCn1c(C)nnc1SCC(=O)Nc1scc(-c2ccc(Cl)cc2)c1C(=O)OC. The second kappa shape index (κ2) is 10.1. The molecule has 0 aliphatic carbocycles. The topological polar surface area (TPSA) is 86.1 Å². The monoisotopic (exact) mass is 464 g/mol. The van der Waals surface area contributed by atoms with Crippen LogP contribution in [0.2, 0.25) is 5.02 Å². The molecule has 0 bridgehead atoms. The van der Waals surface area contributed by atoms with Crippen molar-refractivity contribution in [1.82, 2.24) is 14.8 Å². The van der Waals surface area contributed by atoms with Crippen molar-refractivity contribution in [3.63, 3.8) is 0 Å². The first kappa shape index (κ1) is 22.3. The summed E-state index contributed by atoms with van der Waals surface area (Å²) in [5.41, 5.74) is 1.83. The van der Waals surface area contributed by atoms with Crippen LogP contribution in [0, 0.1) is 6.92 Å². The van der Waals surface area contributed by atoms with E-state index in [4.69, 9.17) is 16.3 Å². The molecule has 0 unspecified atom stereocenters. The van der Waals surface area contributed by atoms with E-state index in [1.165, 1.54) is 30.2 Å². The van der Waals surface area contributed by atoms with Crippen LogP contribution in [0.4, 0.5) is 5.00 Å². The quantitative estimate of drug-likeness (QED) is 0.377. The van der Waals surface area contributed by atoms with E-state index in [1.807, 2.05) is 29.0 Å². The Kier molecular flexibility index (Phi) is 7.52. The number of aromatic nitrogens is 3. The summed E-state index contributed by atoms with van der Waals surface area (Å²) >= 11 is 8.55. The Morgan fingerprint density at radius 1 is 1.27 bits per heavy atom. The van der Waals surface area contributed by atoms with Crippen LogP contribution < -0.4 is 5.32 Å². The molecule has 0 aliphatic heterocycles. The summed E-state index contributed by atoms with van der Waals surface area (Å²) in [6.07, 6.45) is 0.948. The number of methoxy groups -OCH3 is 1. The average Bonchev–Trinajstić information content (AvgIpc) is 3.30. The molecule has 3 aromatic rings. The van der Waals surface area contributed by atoms with Crippen LogP contribution in [0.3, 0.4) is 0 Å². The maximum Gasteiger partial charge on any atom is 0.341 e. The van der Waals surface area contributed by atoms with Gasteiger partial charge in [-0.3, -0.25) is 4.79 Å². The van der Waals surface area contributed by atoms with Crippen molar-refractivity contribution in [2.45, 2.75) is 32.0 Å². The molecule has 0 spiro atoms. The number of anilines is 1. The molecule has 0 saturated carbocycles. The van der Waals surface area contributed by atoms with Gasteiger partial charge in [-0.2, -0.15) is 0 Å². The Labute approximate surface area is 187 Å². The second-order valence-corrected chi connectivity index (χ2v) is 8.63. The lowest BCUT2D eigenvalue weighted by atomic mass is 10.0. The Morgan fingerprint density at radius 3 is 2.67 bits per heavy atom. The van der Waals surface area contributed by atoms with Gasteiger partial charge >= 0.3 is 5.97 Å². The highest BCUT2D eigenvalue weighted by Crippen LogP contribution is 2.36. The summed E-state index contributed by atoms with van der Waals surface area (Å²) in [6, 6.07) is 7.14. The lowest BCUT2D eigenvalue weighted by Crippen LogP contribution is -2.16. The number of aryl methyl sites for hydroxylation is 1. The standard InChI is InChI=1S/C20H21ClN4O3S2/c1-4-9-25-12(2)23-24-20(25)30-11-16(26)22-18-17(19(27)28-3)15(10-29-18)13-5-7-14(21)8-6-13/h5-8,10H,4,9,11H2,1-3H3,(H,22,26). The van der Waals surface area contributed by atoms with Gasteiger partial charge in [-0.1, -0.05) is 42.4 Å². The maximum absolute atomic E-state index is 12.6. The summed E-state index contributed by atoms with van der Waals surface area (Å²) in [4.78, 5) is 25.0. The zero-order valence-corrected chi connectivity index (χ0v) is 19.2. The average molecular weight is 465 g/mol. The Balaban J connectivity index is 1.77.